The van der Waals surface area contributed by atoms with Gasteiger partial charge in [-0.2, -0.15) is 0 Å². The number of nitrogens with zero attached hydrogens (tertiary/aromatic N) is 1. The molecule has 1 saturated carbocycles. The van der Waals surface area contributed by atoms with Gasteiger partial charge in [0.1, 0.15) is 17.9 Å². The zero-order valence-electron chi connectivity index (χ0n) is 16.6. The molecular weight excluding hydrogens is 575 g/mol. The molecule has 1 aliphatic heterocycles. The maximum absolute atomic E-state index is 12.9. The van der Waals surface area contributed by atoms with Crippen molar-refractivity contribution in [3.05, 3.63) is 67.2 Å². The van der Waals surface area contributed by atoms with Crippen molar-refractivity contribution >= 4 is 62.4 Å². The lowest BCUT2D eigenvalue weighted by molar-refractivity contribution is -0.131. The Morgan fingerprint density at radius 2 is 1.81 bits per heavy atom. The highest BCUT2D eigenvalue weighted by Crippen LogP contribution is 2.28. The number of rotatable bonds is 5. The van der Waals surface area contributed by atoms with Crippen LogP contribution in [0.1, 0.15) is 36.8 Å². The highest BCUT2D eigenvalue weighted by molar-refractivity contribution is 14.1. The number of amides is 4. The molecule has 0 radical (unpaired) electrons. The van der Waals surface area contributed by atoms with Crippen LogP contribution >= 0.6 is 38.5 Å². The Labute approximate surface area is 202 Å². The summed E-state index contributed by atoms with van der Waals surface area (Å²) < 4.78 is 7.78. The average Bonchev–Trinajstić information content (AvgIpc) is 3.26. The molecule has 2 aliphatic rings. The predicted molar refractivity (Wildman–Crippen MR) is 128 cm³/mol. The van der Waals surface area contributed by atoms with E-state index >= 15 is 0 Å². The minimum Gasteiger partial charge on any atom is -0.488 e. The largest absolute Gasteiger partial charge is 0.488 e. The Balaban J connectivity index is 1.51. The SMILES string of the molecule is O=C1NC(=O)N(C2CCCC2)C(=O)/C1=C/c1ccc(OCc2ccc(Br)cc2)c(I)c1. The van der Waals surface area contributed by atoms with Gasteiger partial charge >= 0.3 is 6.03 Å². The summed E-state index contributed by atoms with van der Waals surface area (Å²) in [5, 5.41) is 2.30. The third-order valence-electron chi connectivity index (χ3n) is 5.40. The van der Waals surface area contributed by atoms with Gasteiger partial charge in [-0.15, -0.1) is 0 Å². The molecule has 8 heteroatoms. The number of hydrogen-bond acceptors (Lipinski definition) is 4. The zero-order valence-corrected chi connectivity index (χ0v) is 20.3. The molecule has 1 N–H and O–H groups in total. The fraction of sp³-hybridized carbons (Fsp3) is 0.261. The van der Waals surface area contributed by atoms with Crippen molar-refractivity contribution in [2.45, 2.75) is 38.3 Å². The van der Waals surface area contributed by atoms with Gasteiger partial charge in [-0.05, 0) is 76.9 Å². The molecule has 160 valence electrons. The van der Waals surface area contributed by atoms with Gasteiger partial charge in [0, 0.05) is 10.5 Å². The molecule has 1 heterocycles. The number of ether oxygens (including phenoxy) is 1. The standard InChI is InChI=1S/C23H20BrIN2O4/c24-16-8-5-14(6-9-16)13-31-20-10-7-15(12-19(20)25)11-18-21(28)26-23(30)27(22(18)29)17-3-1-2-4-17/h5-12,17H,1-4,13H2,(H,26,28,30)/b18-11+. The minimum absolute atomic E-state index is 0.0224. The minimum atomic E-state index is -0.658. The Kier molecular flexibility index (Phi) is 6.76. The van der Waals surface area contributed by atoms with Crippen molar-refractivity contribution in [3.63, 3.8) is 0 Å². The number of imide groups is 2. The number of carbonyl (C=O) groups excluding carboxylic acids is 3. The van der Waals surface area contributed by atoms with E-state index in [1.54, 1.807) is 6.07 Å². The summed E-state index contributed by atoms with van der Waals surface area (Å²) in [6, 6.07) is 12.6. The summed E-state index contributed by atoms with van der Waals surface area (Å²) in [5.74, 6) is -0.464. The van der Waals surface area contributed by atoms with Crippen LogP contribution in [-0.2, 0) is 16.2 Å². The lowest BCUT2D eigenvalue weighted by Gasteiger charge is -2.31. The lowest BCUT2D eigenvalue weighted by Crippen LogP contribution is -2.57. The van der Waals surface area contributed by atoms with Gasteiger partial charge in [-0.1, -0.05) is 47.0 Å². The van der Waals surface area contributed by atoms with E-state index in [1.807, 2.05) is 36.4 Å². The number of nitrogens with one attached hydrogen (secondary N) is 1. The van der Waals surface area contributed by atoms with E-state index in [-0.39, 0.29) is 11.6 Å². The highest BCUT2D eigenvalue weighted by Gasteiger charge is 2.40. The molecule has 31 heavy (non-hydrogen) atoms. The number of halogens is 2. The van der Waals surface area contributed by atoms with Crippen LogP contribution < -0.4 is 10.1 Å². The normalized spacial score (nSPS) is 18.6. The highest BCUT2D eigenvalue weighted by atomic mass is 127. The lowest BCUT2D eigenvalue weighted by atomic mass is 10.1. The Hall–Kier alpha value is -2.20. The third-order valence-corrected chi connectivity index (χ3v) is 6.77. The summed E-state index contributed by atoms with van der Waals surface area (Å²) in [6.45, 7) is 0.434. The van der Waals surface area contributed by atoms with Crippen LogP contribution in [0.4, 0.5) is 4.79 Å². The van der Waals surface area contributed by atoms with Gasteiger partial charge in [0.05, 0.1) is 3.57 Å². The number of urea groups is 1. The van der Waals surface area contributed by atoms with E-state index in [9.17, 15) is 14.4 Å². The summed E-state index contributed by atoms with van der Waals surface area (Å²) in [5.41, 5.74) is 1.72. The molecule has 0 atom stereocenters. The smallest absolute Gasteiger partial charge is 0.331 e. The molecule has 0 spiro atoms. The van der Waals surface area contributed by atoms with Crippen LogP contribution in [-0.4, -0.2) is 28.8 Å². The number of carbonyl (C=O) groups is 3. The first-order valence-electron chi connectivity index (χ1n) is 10.00. The number of hydrogen-bond donors (Lipinski definition) is 1. The Bertz CT molecular complexity index is 1060. The van der Waals surface area contributed by atoms with Crippen molar-refractivity contribution in [2.24, 2.45) is 0 Å². The number of barbiturate groups is 1. The first kappa shape index (κ1) is 22.0. The summed E-state index contributed by atoms with van der Waals surface area (Å²) in [4.78, 5) is 38.7. The molecule has 2 aromatic rings. The van der Waals surface area contributed by atoms with Crippen molar-refractivity contribution < 1.29 is 19.1 Å². The molecular formula is C23H20BrIN2O4. The predicted octanol–water partition coefficient (Wildman–Crippen LogP) is 5.04. The van der Waals surface area contributed by atoms with E-state index < -0.39 is 17.8 Å². The van der Waals surface area contributed by atoms with E-state index in [0.29, 0.717) is 17.9 Å². The van der Waals surface area contributed by atoms with Crippen LogP contribution in [0, 0.1) is 3.57 Å². The molecule has 2 aromatic carbocycles. The van der Waals surface area contributed by atoms with E-state index in [2.05, 4.69) is 43.8 Å². The van der Waals surface area contributed by atoms with E-state index in [0.717, 1.165) is 39.3 Å². The topological polar surface area (TPSA) is 75.7 Å². The van der Waals surface area contributed by atoms with Gasteiger partial charge in [-0.3, -0.25) is 19.8 Å². The Morgan fingerprint density at radius 3 is 2.48 bits per heavy atom. The summed E-state index contributed by atoms with van der Waals surface area (Å²) in [7, 11) is 0. The molecule has 0 bridgehead atoms. The van der Waals surface area contributed by atoms with Crippen molar-refractivity contribution in [1.82, 2.24) is 10.2 Å². The summed E-state index contributed by atoms with van der Waals surface area (Å²) in [6.07, 6.45) is 5.06. The molecule has 4 amide bonds. The first-order valence-corrected chi connectivity index (χ1v) is 11.9. The summed E-state index contributed by atoms with van der Waals surface area (Å²) >= 11 is 5.58. The van der Waals surface area contributed by atoms with Crippen LogP contribution in [0.25, 0.3) is 6.08 Å². The maximum Gasteiger partial charge on any atom is 0.331 e. The van der Waals surface area contributed by atoms with Gasteiger partial charge in [0.2, 0.25) is 0 Å². The molecule has 0 unspecified atom stereocenters. The molecule has 4 rings (SSSR count). The van der Waals surface area contributed by atoms with Gasteiger partial charge in [0.15, 0.2) is 0 Å². The van der Waals surface area contributed by atoms with Gasteiger partial charge in [-0.25, -0.2) is 4.79 Å². The van der Waals surface area contributed by atoms with Crippen LogP contribution in [0.5, 0.6) is 5.75 Å². The molecule has 6 nitrogen and oxygen atoms in total. The fourth-order valence-corrected chi connectivity index (χ4v) is 4.76. The Morgan fingerprint density at radius 1 is 1.10 bits per heavy atom. The fourth-order valence-electron chi connectivity index (χ4n) is 3.80. The second-order valence-corrected chi connectivity index (χ2v) is 9.61. The number of benzene rings is 2. The first-order chi connectivity index (χ1) is 14.9. The molecule has 2 fully saturated rings. The van der Waals surface area contributed by atoms with Crippen molar-refractivity contribution in [2.75, 3.05) is 0 Å². The second kappa shape index (κ2) is 9.52. The van der Waals surface area contributed by atoms with E-state index in [1.165, 1.54) is 11.0 Å². The average molecular weight is 595 g/mol. The zero-order chi connectivity index (χ0) is 22.0. The van der Waals surface area contributed by atoms with E-state index in [4.69, 9.17) is 4.74 Å². The molecule has 1 aliphatic carbocycles. The van der Waals surface area contributed by atoms with Crippen LogP contribution in [0.2, 0.25) is 0 Å². The van der Waals surface area contributed by atoms with Crippen molar-refractivity contribution in [1.29, 1.82) is 0 Å². The van der Waals surface area contributed by atoms with Crippen LogP contribution in [0.15, 0.2) is 52.5 Å². The molecule has 1 saturated heterocycles. The van der Waals surface area contributed by atoms with Crippen LogP contribution in [0.3, 0.4) is 0 Å². The van der Waals surface area contributed by atoms with Gasteiger partial charge < -0.3 is 4.74 Å². The second-order valence-electron chi connectivity index (χ2n) is 7.54. The van der Waals surface area contributed by atoms with Crippen molar-refractivity contribution in [3.8, 4) is 5.75 Å². The molecule has 0 aromatic heterocycles. The van der Waals surface area contributed by atoms with Gasteiger partial charge in [0.25, 0.3) is 11.8 Å². The monoisotopic (exact) mass is 594 g/mol. The third kappa shape index (κ3) is 5.01. The quantitative estimate of drug-likeness (QED) is 0.299. The maximum atomic E-state index is 12.9.